The van der Waals surface area contributed by atoms with Gasteiger partial charge in [-0.25, -0.2) is 4.98 Å². The lowest BCUT2D eigenvalue weighted by Crippen LogP contribution is -2.51. The first-order valence-electron chi connectivity index (χ1n) is 8.15. The van der Waals surface area contributed by atoms with Crippen molar-refractivity contribution in [2.45, 2.75) is 19.9 Å². The average Bonchev–Trinajstić information content (AvgIpc) is 3.12. The summed E-state index contributed by atoms with van der Waals surface area (Å²) in [6.07, 6.45) is 3.79. The van der Waals surface area contributed by atoms with E-state index in [1.165, 1.54) is 0 Å². The van der Waals surface area contributed by atoms with Crippen LogP contribution in [0.2, 0.25) is 0 Å². The Kier molecular flexibility index (Phi) is 4.26. The zero-order valence-corrected chi connectivity index (χ0v) is 14.4. The van der Waals surface area contributed by atoms with Gasteiger partial charge in [0, 0.05) is 51.8 Å². The van der Waals surface area contributed by atoms with Crippen LogP contribution in [0.25, 0.3) is 0 Å². The summed E-state index contributed by atoms with van der Waals surface area (Å²) in [5.41, 5.74) is 1.85. The molecule has 0 aromatic carbocycles. The Hall–Kier alpha value is -2.08. The molecule has 1 aliphatic heterocycles. The molecule has 1 aliphatic rings. The van der Waals surface area contributed by atoms with Crippen molar-refractivity contribution in [2.75, 3.05) is 26.2 Å². The summed E-state index contributed by atoms with van der Waals surface area (Å²) >= 11 is 0. The lowest BCUT2D eigenvalue weighted by Gasteiger charge is -2.40. The topological polar surface area (TPSA) is 46.3 Å². The molecule has 23 heavy (non-hydrogen) atoms. The van der Waals surface area contributed by atoms with Gasteiger partial charge in [-0.2, -0.15) is 0 Å². The number of piperazine rings is 1. The first kappa shape index (κ1) is 15.8. The summed E-state index contributed by atoms with van der Waals surface area (Å²) in [6.45, 7) is 7.46. The number of amides is 1. The summed E-state index contributed by atoms with van der Waals surface area (Å²) in [5, 5.41) is 0. The Morgan fingerprint density at radius 3 is 2.65 bits per heavy atom. The summed E-state index contributed by atoms with van der Waals surface area (Å²) in [6, 6.07) is 4.06. The van der Waals surface area contributed by atoms with E-state index >= 15 is 0 Å². The van der Waals surface area contributed by atoms with Gasteiger partial charge in [0.1, 0.15) is 11.5 Å². The lowest BCUT2D eigenvalue weighted by atomic mass is 10.1. The molecule has 0 spiro atoms. The Labute approximate surface area is 137 Å². The SMILES string of the molecule is CCN1CCN(C(=O)c2ccc(C)n2C)C[C@H]1c1nccn1C. The second-order valence-corrected chi connectivity index (χ2v) is 6.21. The molecule has 2 aromatic rings. The third-order valence-corrected chi connectivity index (χ3v) is 4.93. The predicted octanol–water partition coefficient (Wildman–Crippen LogP) is 1.59. The van der Waals surface area contributed by atoms with E-state index in [2.05, 4.69) is 16.8 Å². The summed E-state index contributed by atoms with van der Waals surface area (Å²) < 4.78 is 4.01. The van der Waals surface area contributed by atoms with Crippen LogP contribution in [-0.4, -0.2) is 56.0 Å². The number of aryl methyl sites for hydroxylation is 2. The van der Waals surface area contributed by atoms with E-state index in [9.17, 15) is 4.79 Å². The number of rotatable bonds is 3. The van der Waals surface area contributed by atoms with Crippen LogP contribution in [-0.2, 0) is 14.1 Å². The van der Waals surface area contributed by atoms with E-state index in [0.29, 0.717) is 6.54 Å². The third kappa shape index (κ3) is 2.79. The van der Waals surface area contributed by atoms with Gasteiger partial charge in [-0.3, -0.25) is 9.69 Å². The molecule has 3 rings (SSSR count). The maximum absolute atomic E-state index is 12.9. The first-order chi connectivity index (χ1) is 11.0. The summed E-state index contributed by atoms with van der Waals surface area (Å²) in [5.74, 6) is 1.13. The summed E-state index contributed by atoms with van der Waals surface area (Å²) in [7, 11) is 3.96. The number of hydrogen-bond donors (Lipinski definition) is 0. The van der Waals surface area contributed by atoms with Crippen molar-refractivity contribution >= 4 is 5.91 Å². The van der Waals surface area contributed by atoms with Gasteiger partial charge in [-0.15, -0.1) is 0 Å². The normalized spacial score (nSPS) is 19.3. The average molecular weight is 315 g/mol. The molecule has 0 N–H and O–H groups in total. The molecule has 1 saturated heterocycles. The maximum atomic E-state index is 12.9. The molecule has 1 atom stereocenters. The van der Waals surface area contributed by atoms with Crippen LogP contribution >= 0.6 is 0 Å². The number of imidazole rings is 1. The fourth-order valence-electron chi connectivity index (χ4n) is 3.32. The molecule has 0 radical (unpaired) electrons. The summed E-state index contributed by atoms with van der Waals surface area (Å²) in [4.78, 5) is 21.7. The minimum absolute atomic E-state index is 0.107. The Balaban J connectivity index is 1.84. The molecular formula is C17H25N5O. The molecule has 1 fully saturated rings. The number of nitrogens with zero attached hydrogens (tertiary/aromatic N) is 5. The number of likely N-dealkylation sites (N-methyl/N-ethyl adjacent to an activating group) is 1. The number of hydrogen-bond acceptors (Lipinski definition) is 3. The molecule has 0 saturated carbocycles. The standard InChI is InChI=1S/C17H25N5O/c1-5-21-10-11-22(12-15(21)16-18-8-9-19(16)3)17(23)14-7-6-13(2)20(14)4/h6-9,15H,5,10-12H2,1-4H3/t15-/m0/s1. The van der Waals surface area contributed by atoms with Gasteiger partial charge in [0.15, 0.2) is 0 Å². The van der Waals surface area contributed by atoms with Crippen molar-refractivity contribution in [1.82, 2.24) is 23.9 Å². The second kappa shape index (κ2) is 6.20. The van der Waals surface area contributed by atoms with E-state index in [1.807, 2.05) is 59.6 Å². The molecule has 3 heterocycles. The van der Waals surface area contributed by atoms with E-state index in [4.69, 9.17) is 0 Å². The van der Waals surface area contributed by atoms with E-state index in [-0.39, 0.29) is 11.9 Å². The molecular weight excluding hydrogens is 290 g/mol. The van der Waals surface area contributed by atoms with Crippen molar-refractivity contribution in [3.05, 3.63) is 41.7 Å². The molecule has 0 aliphatic carbocycles. The fraction of sp³-hybridized carbons (Fsp3) is 0.529. The zero-order chi connectivity index (χ0) is 16.6. The Morgan fingerprint density at radius 2 is 2.09 bits per heavy atom. The van der Waals surface area contributed by atoms with Gasteiger partial charge >= 0.3 is 0 Å². The minimum atomic E-state index is 0.107. The van der Waals surface area contributed by atoms with Crippen LogP contribution < -0.4 is 0 Å². The van der Waals surface area contributed by atoms with E-state index in [1.54, 1.807) is 0 Å². The number of carbonyl (C=O) groups excluding carboxylic acids is 1. The van der Waals surface area contributed by atoms with Gasteiger partial charge in [-0.1, -0.05) is 6.92 Å². The molecule has 0 bridgehead atoms. The van der Waals surface area contributed by atoms with Gasteiger partial charge in [0.25, 0.3) is 5.91 Å². The van der Waals surface area contributed by atoms with Gasteiger partial charge in [-0.05, 0) is 25.6 Å². The number of carbonyl (C=O) groups is 1. The number of aromatic nitrogens is 3. The van der Waals surface area contributed by atoms with Crippen LogP contribution in [0.1, 0.15) is 35.0 Å². The van der Waals surface area contributed by atoms with E-state index in [0.717, 1.165) is 36.8 Å². The highest BCUT2D eigenvalue weighted by Crippen LogP contribution is 2.25. The van der Waals surface area contributed by atoms with Gasteiger partial charge in [0.05, 0.1) is 6.04 Å². The van der Waals surface area contributed by atoms with Gasteiger partial charge in [0.2, 0.25) is 0 Å². The van der Waals surface area contributed by atoms with Crippen LogP contribution in [0.5, 0.6) is 0 Å². The molecule has 6 nitrogen and oxygen atoms in total. The van der Waals surface area contributed by atoms with E-state index < -0.39 is 0 Å². The Morgan fingerprint density at radius 1 is 1.30 bits per heavy atom. The first-order valence-corrected chi connectivity index (χ1v) is 8.15. The second-order valence-electron chi connectivity index (χ2n) is 6.21. The van der Waals surface area contributed by atoms with Crippen molar-refractivity contribution in [2.24, 2.45) is 14.1 Å². The smallest absolute Gasteiger partial charge is 0.270 e. The highest BCUT2D eigenvalue weighted by atomic mass is 16.2. The molecule has 6 heteroatoms. The largest absolute Gasteiger partial charge is 0.344 e. The monoisotopic (exact) mass is 315 g/mol. The molecule has 0 unspecified atom stereocenters. The lowest BCUT2D eigenvalue weighted by molar-refractivity contribution is 0.0464. The molecule has 2 aromatic heterocycles. The third-order valence-electron chi connectivity index (χ3n) is 4.93. The highest BCUT2D eigenvalue weighted by molar-refractivity contribution is 5.93. The van der Waals surface area contributed by atoms with Crippen molar-refractivity contribution in [3.63, 3.8) is 0 Å². The quantitative estimate of drug-likeness (QED) is 0.864. The molecule has 124 valence electrons. The predicted molar refractivity (Wildman–Crippen MR) is 89.2 cm³/mol. The van der Waals surface area contributed by atoms with Crippen LogP contribution in [0, 0.1) is 6.92 Å². The molecule has 1 amide bonds. The van der Waals surface area contributed by atoms with Crippen LogP contribution in [0.3, 0.4) is 0 Å². The van der Waals surface area contributed by atoms with Gasteiger partial charge < -0.3 is 14.0 Å². The van der Waals surface area contributed by atoms with Crippen LogP contribution in [0.15, 0.2) is 24.5 Å². The van der Waals surface area contributed by atoms with Crippen molar-refractivity contribution < 1.29 is 4.79 Å². The fourth-order valence-corrected chi connectivity index (χ4v) is 3.32. The zero-order valence-electron chi connectivity index (χ0n) is 14.4. The Bertz CT molecular complexity index is 702. The van der Waals surface area contributed by atoms with Crippen LogP contribution in [0.4, 0.5) is 0 Å². The van der Waals surface area contributed by atoms with Crippen molar-refractivity contribution in [1.29, 1.82) is 0 Å². The highest BCUT2D eigenvalue weighted by Gasteiger charge is 2.32. The minimum Gasteiger partial charge on any atom is -0.344 e. The maximum Gasteiger partial charge on any atom is 0.270 e. The van der Waals surface area contributed by atoms with Crippen molar-refractivity contribution in [3.8, 4) is 0 Å².